The molecule has 0 amide bonds. The van der Waals surface area contributed by atoms with Crippen molar-refractivity contribution in [2.75, 3.05) is 0 Å². The first-order valence-corrected chi connectivity index (χ1v) is 13.3. The lowest BCUT2D eigenvalue weighted by Gasteiger charge is -2.31. The molecular formula is C34H44. The van der Waals surface area contributed by atoms with Gasteiger partial charge in [-0.05, 0) is 83.6 Å². The van der Waals surface area contributed by atoms with Crippen LogP contribution in [0.15, 0.2) is 72.8 Å². The third-order valence-corrected chi connectivity index (χ3v) is 8.01. The minimum Gasteiger partial charge on any atom is -0.0949 e. The van der Waals surface area contributed by atoms with E-state index in [1.54, 1.807) is 0 Å². The lowest BCUT2D eigenvalue weighted by Crippen LogP contribution is -2.14. The molecule has 0 fully saturated rings. The molecule has 2 aromatic rings. The largest absolute Gasteiger partial charge is 0.0949 e. The Kier molecular flexibility index (Phi) is 8.95. The summed E-state index contributed by atoms with van der Waals surface area (Å²) in [5.74, 6) is 1.33. The van der Waals surface area contributed by atoms with E-state index >= 15 is 0 Å². The van der Waals surface area contributed by atoms with Gasteiger partial charge in [-0.3, -0.25) is 0 Å². The third kappa shape index (κ3) is 5.22. The molecule has 180 valence electrons. The van der Waals surface area contributed by atoms with Crippen molar-refractivity contribution in [1.29, 1.82) is 0 Å². The zero-order valence-electron chi connectivity index (χ0n) is 22.5. The molecule has 0 spiro atoms. The molecule has 3 rings (SSSR count). The monoisotopic (exact) mass is 452 g/mol. The van der Waals surface area contributed by atoms with Crippen LogP contribution in [0.1, 0.15) is 96.4 Å². The van der Waals surface area contributed by atoms with E-state index in [0.29, 0.717) is 17.8 Å². The van der Waals surface area contributed by atoms with Gasteiger partial charge in [0.15, 0.2) is 0 Å². The summed E-state index contributed by atoms with van der Waals surface area (Å²) < 4.78 is 0. The standard InChI is InChI=1S/C34H44/c1-9-12-17-31-28(11-3)22-34(33-21-16-15-20-32(31)33)27(8)25(6)26(7)30-19-14-13-18-29(30)24(5)23(4)10-2/h13-23,27-28H,5,9-12H2,1-4,6-8H3. The molecule has 0 saturated heterocycles. The summed E-state index contributed by atoms with van der Waals surface area (Å²) in [6.07, 6.45) is 9.64. The highest BCUT2D eigenvalue weighted by Gasteiger charge is 2.27. The van der Waals surface area contributed by atoms with Crippen LogP contribution in [-0.4, -0.2) is 0 Å². The molecule has 3 unspecified atom stereocenters. The highest BCUT2D eigenvalue weighted by atomic mass is 14.3. The van der Waals surface area contributed by atoms with Gasteiger partial charge < -0.3 is 0 Å². The summed E-state index contributed by atoms with van der Waals surface area (Å²) in [5.41, 5.74) is 12.5. The van der Waals surface area contributed by atoms with Gasteiger partial charge >= 0.3 is 0 Å². The number of benzene rings is 2. The Morgan fingerprint density at radius 3 is 2.15 bits per heavy atom. The highest BCUT2D eigenvalue weighted by molar-refractivity contribution is 5.89. The normalized spacial score (nSPS) is 19.2. The molecule has 3 atom stereocenters. The van der Waals surface area contributed by atoms with Crippen molar-refractivity contribution < 1.29 is 0 Å². The topological polar surface area (TPSA) is 0 Å². The van der Waals surface area contributed by atoms with Crippen LogP contribution in [0.25, 0.3) is 22.3 Å². The van der Waals surface area contributed by atoms with Crippen LogP contribution in [0, 0.1) is 17.8 Å². The Balaban J connectivity index is 2.09. The minimum atomic E-state index is 0.354. The zero-order valence-corrected chi connectivity index (χ0v) is 22.5. The van der Waals surface area contributed by atoms with Crippen LogP contribution >= 0.6 is 0 Å². The van der Waals surface area contributed by atoms with Crippen molar-refractivity contribution in [1.82, 2.24) is 0 Å². The van der Waals surface area contributed by atoms with Crippen LogP contribution in [0.2, 0.25) is 0 Å². The van der Waals surface area contributed by atoms with E-state index in [0.717, 1.165) is 19.3 Å². The first kappa shape index (κ1) is 26.0. The van der Waals surface area contributed by atoms with Gasteiger partial charge in [0.2, 0.25) is 0 Å². The van der Waals surface area contributed by atoms with Gasteiger partial charge in [0.25, 0.3) is 0 Å². The van der Waals surface area contributed by atoms with E-state index in [9.17, 15) is 0 Å². The van der Waals surface area contributed by atoms with Gasteiger partial charge in [-0.1, -0.05) is 114 Å². The number of unbranched alkanes of at least 4 members (excludes halogenated alkanes) is 1. The van der Waals surface area contributed by atoms with Gasteiger partial charge in [0.1, 0.15) is 0 Å². The lowest BCUT2D eigenvalue weighted by molar-refractivity contribution is 0.719. The number of hydrogen-bond acceptors (Lipinski definition) is 0. The van der Waals surface area contributed by atoms with E-state index in [1.165, 1.54) is 56.5 Å². The van der Waals surface area contributed by atoms with E-state index in [4.69, 9.17) is 0 Å². The van der Waals surface area contributed by atoms with Gasteiger partial charge in [0.05, 0.1) is 0 Å². The molecule has 0 bridgehead atoms. The Bertz CT molecular complexity index is 1100. The fourth-order valence-electron chi connectivity index (χ4n) is 5.23. The van der Waals surface area contributed by atoms with Crippen LogP contribution in [0.4, 0.5) is 0 Å². The number of rotatable bonds is 9. The lowest BCUT2D eigenvalue weighted by atomic mass is 9.73. The number of allylic oxidation sites excluding steroid dienone is 7. The van der Waals surface area contributed by atoms with Gasteiger partial charge in [-0.15, -0.1) is 0 Å². The quantitative estimate of drug-likeness (QED) is 0.355. The molecule has 0 nitrogen and oxygen atoms in total. The van der Waals surface area contributed by atoms with E-state index in [1.807, 2.05) is 0 Å². The first-order chi connectivity index (χ1) is 16.3. The first-order valence-electron chi connectivity index (χ1n) is 13.3. The average molecular weight is 453 g/mol. The molecule has 0 saturated carbocycles. The van der Waals surface area contributed by atoms with Crippen molar-refractivity contribution in [2.45, 2.75) is 74.1 Å². The predicted molar refractivity (Wildman–Crippen MR) is 153 cm³/mol. The van der Waals surface area contributed by atoms with Crippen molar-refractivity contribution >= 4 is 22.3 Å². The molecule has 0 N–H and O–H groups in total. The molecule has 0 radical (unpaired) electrons. The molecule has 1 aliphatic carbocycles. The molecule has 0 heteroatoms. The van der Waals surface area contributed by atoms with Crippen molar-refractivity contribution in [3.05, 3.63) is 95.1 Å². The predicted octanol–water partition coefficient (Wildman–Crippen LogP) is 10.5. The van der Waals surface area contributed by atoms with Crippen molar-refractivity contribution in [3.63, 3.8) is 0 Å². The van der Waals surface area contributed by atoms with Crippen LogP contribution < -0.4 is 0 Å². The second-order valence-electron chi connectivity index (χ2n) is 10.0. The summed E-state index contributed by atoms with van der Waals surface area (Å²) >= 11 is 0. The molecule has 34 heavy (non-hydrogen) atoms. The Labute approximate surface area is 209 Å². The maximum absolute atomic E-state index is 4.48. The summed E-state index contributed by atoms with van der Waals surface area (Å²) in [4.78, 5) is 0. The van der Waals surface area contributed by atoms with Crippen LogP contribution in [-0.2, 0) is 0 Å². The van der Waals surface area contributed by atoms with E-state index in [-0.39, 0.29) is 0 Å². The number of fused-ring (bicyclic) bond motifs is 1. The summed E-state index contributed by atoms with van der Waals surface area (Å²) in [5, 5.41) is 0. The average Bonchev–Trinajstić information content (AvgIpc) is 2.89. The van der Waals surface area contributed by atoms with Gasteiger partial charge in [-0.25, -0.2) is 0 Å². The molecule has 0 aromatic heterocycles. The number of hydrogen-bond donors (Lipinski definition) is 0. The maximum Gasteiger partial charge on any atom is 0.00262 e. The van der Waals surface area contributed by atoms with Crippen molar-refractivity contribution in [3.8, 4) is 0 Å². The Hall–Kier alpha value is -2.60. The van der Waals surface area contributed by atoms with Gasteiger partial charge in [-0.2, -0.15) is 0 Å². The molecule has 1 aliphatic rings. The fourth-order valence-corrected chi connectivity index (χ4v) is 5.23. The SMILES string of the molecule is C=C(c1ccccc1C(C)=C(C)C(C)C1=CC(CC)C(=CCCC)c2ccccc21)C(C)CC. The minimum absolute atomic E-state index is 0.354. The third-order valence-electron chi connectivity index (χ3n) is 8.01. The second kappa shape index (κ2) is 11.7. The van der Waals surface area contributed by atoms with Gasteiger partial charge in [0, 0.05) is 11.8 Å². The Morgan fingerprint density at radius 2 is 1.53 bits per heavy atom. The Morgan fingerprint density at radius 1 is 0.912 bits per heavy atom. The summed E-state index contributed by atoms with van der Waals surface area (Å²) in [7, 11) is 0. The van der Waals surface area contributed by atoms with E-state index in [2.05, 4.69) is 116 Å². The maximum atomic E-state index is 4.48. The molecule has 0 aliphatic heterocycles. The zero-order chi connectivity index (χ0) is 24.8. The molecular weight excluding hydrogens is 408 g/mol. The van der Waals surface area contributed by atoms with Crippen molar-refractivity contribution in [2.24, 2.45) is 17.8 Å². The fraction of sp³-hybridized carbons (Fsp3) is 0.412. The van der Waals surface area contributed by atoms with Crippen LogP contribution in [0.3, 0.4) is 0 Å². The molecule has 0 heterocycles. The smallest absolute Gasteiger partial charge is 0.00262 e. The van der Waals surface area contributed by atoms with Crippen LogP contribution in [0.5, 0.6) is 0 Å². The van der Waals surface area contributed by atoms with E-state index < -0.39 is 0 Å². The second-order valence-corrected chi connectivity index (χ2v) is 10.0. The molecule has 2 aromatic carbocycles. The summed E-state index contributed by atoms with van der Waals surface area (Å²) in [6.45, 7) is 20.6. The summed E-state index contributed by atoms with van der Waals surface area (Å²) in [6, 6.07) is 17.9. The highest BCUT2D eigenvalue weighted by Crippen LogP contribution is 2.45.